The van der Waals surface area contributed by atoms with Crippen LogP contribution in [-0.2, 0) is 0 Å². The maximum atomic E-state index is 12.4. The molecule has 1 aliphatic carbocycles. The zero-order valence-corrected chi connectivity index (χ0v) is 14.9. The largest absolute Gasteiger partial charge is 0.423 e. The van der Waals surface area contributed by atoms with E-state index in [0.29, 0.717) is 23.4 Å². The maximum absolute atomic E-state index is 12.4. The molecular formula is C20H21N5O2. The fraction of sp³-hybridized carbons (Fsp3) is 0.150. The highest BCUT2D eigenvalue weighted by molar-refractivity contribution is 5.99. The summed E-state index contributed by atoms with van der Waals surface area (Å²) in [6.07, 6.45) is 2.59. The molecule has 2 aromatic rings. The summed E-state index contributed by atoms with van der Waals surface area (Å²) in [6.45, 7) is 2.06. The van der Waals surface area contributed by atoms with Crippen molar-refractivity contribution >= 4 is 29.5 Å². The van der Waals surface area contributed by atoms with Crippen LogP contribution in [0.3, 0.4) is 0 Å². The molecule has 0 saturated heterocycles. The monoisotopic (exact) mass is 363 g/mol. The van der Waals surface area contributed by atoms with E-state index < -0.39 is 5.97 Å². The number of esters is 1. The van der Waals surface area contributed by atoms with E-state index in [1.54, 1.807) is 30.3 Å². The van der Waals surface area contributed by atoms with Crippen molar-refractivity contribution in [3.8, 4) is 5.75 Å². The van der Waals surface area contributed by atoms with Gasteiger partial charge in [-0.05, 0) is 71.5 Å². The summed E-state index contributed by atoms with van der Waals surface area (Å²) in [7, 11) is 0. The molecule has 7 nitrogen and oxygen atoms in total. The number of rotatable bonds is 4. The minimum Gasteiger partial charge on any atom is -0.423 e. The molecule has 0 aliphatic heterocycles. The number of ether oxygens (including phenoxy) is 1. The first-order valence-electron chi connectivity index (χ1n) is 8.45. The molecule has 0 radical (unpaired) electrons. The molecule has 1 aliphatic rings. The molecule has 27 heavy (non-hydrogen) atoms. The summed E-state index contributed by atoms with van der Waals surface area (Å²) in [6, 6.07) is 12.0. The number of nitrogens with two attached hydrogens (primary N) is 2. The zero-order valence-electron chi connectivity index (χ0n) is 14.9. The first-order chi connectivity index (χ1) is 12.8. The first-order valence-corrected chi connectivity index (χ1v) is 8.45. The van der Waals surface area contributed by atoms with Crippen LogP contribution >= 0.6 is 0 Å². The summed E-state index contributed by atoms with van der Waals surface area (Å²) in [5, 5.41) is 17.5. The Morgan fingerprint density at radius 1 is 1.15 bits per heavy atom. The van der Waals surface area contributed by atoms with Gasteiger partial charge in [0, 0.05) is 5.69 Å². The third-order valence-corrected chi connectivity index (χ3v) is 4.40. The maximum Gasteiger partial charge on any atom is 0.343 e. The molecule has 138 valence electrons. The molecule has 7 heteroatoms. The minimum atomic E-state index is -0.465. The number of nitrogens with one attached hydrogen (secondary N) is 3. The molecule has 0 amide bonds. The molecule has 1 atom stereocenters. The Kier molecular flexibility index (Phi) is 4.94. The number of fused-ring (bicyclic) bond motifs is 1. The van der Waals surface area contributed by atoms with Gasteiger partial charge in [-0.15, -0.1) is 0 Å². The second-order valence-corrected chi connectivity index (χ2v) is 6.48. The average Bonchev–Trinajstić information content (AvgIpc) is 2.62. The van der Waals surface area contributed by atoms with E-state index in [9.17, 15) is 4.79 Å². The van der Waals surface area contributed by atoms with Gasteiger partial charge >= 0.3 is 5.97 Å². The van der Waals surface area contributed by atoms with E-state index >= 15 is 0 Å². The zero-order chi connectivity index (χ0) is 19.6. The van der Waals surface area contributed by atoms with Crippen LogP contribution < -0.4 is 21.5 Å². The molecule has 3 rings (SSSR count). The van der Waals surface area contributed by atoms with E-state index in [0.717, 1.165) is 16.7 Å². The Bertz CT molecular complexity index is 947. The van der Waals surface area contributed by atoms with Gasteiger partial charge in [0.15, 0.2) is 5.96 Å². The van der Waals surface area contributed by atoms with Crippen LogP contribution in [0.25, 0.3) is 6.08 Å². The van der Waals surface area contributed by atoms with E-state index in [1.807, 2.05) is 18.2 Å². The molecule has 0 aromatic heterocycles. The lowest BCUT2D eigenvalue weighted by atomic mass is 9.84. The summed E-state index contributed by atoms with van der Waals surface area (Å²) >= 11 is 0. The van der Waals surface area contributed by atoms with Crippen molar-refractivity contribution in [2.75, 3.05) is 5.32 Å². The molecule has 1 unspecified atom stereocenters. The van der Waals surface area contributed by atoms with Crippen molar-refractivity contribution in [3.05, 3.63) is 64.7 Å². The quantitative estimate of drug-likeness (QED) is 0.246. The third-order valence-electron chi connectivity index (χ3n) is 4.40. The van der Waals surface area contributed by atoms with Gasteiger partial charge in [0.2, 0.25) is 0 Å². The van der Waals surface area contributed by atoms with Crippen LogP contribution in [0.4, 0.5) is 5.69 Å². The highest BCUT2D eigenvalue weighted by Crippen LogP contribution is 2.35. The number of carbonyl (C=O) groups excluding carboxylic acids is 1. The Morgan fingerprint density at radius 3 is 2.48 bits per heavy atom. The summed E-state index contributed by atoms with van der Waals surface area (Å²) in [5.41, 5.74) is 14.8. The number of amidine groups is 1. The van der Waals surface area contributed by atoms with Crippen LogP contribution in [0.2, 0.25) is 0 Å². The number of hydrogen-bond acceptors (Lipinski definition) is 4. The molecule has 0 saturated carbocycles. The van der Waals surface area contributed by atoms with E-state index in [4.69, 9.17) is 27.0 Å². The number of carbonyl (C=O) groups is 1. The van der Waals surface area contributed by atoms with Crippen LogP contribution in [0.5, 0.6) is 5.75 Å². The number of benzene rings is 2. The first kappa shape index (κ1) is 18.2. The van der Waals surface area contributed by atoms with Gasteiger partial charge in [-0.1, -0.05) is 13.0 Å². The number of anilines is 1. The van der Waals surface area contributed by atoms with Crippen LogP contribution in [0.1, 0.15) is 40.7 Å². The second-order valence-electron chi connectivity index (χ2n) is 6.48. The van der Waals surface area contributed by atoms with Crippen molar-refractivity contribution in [1.29, 1.82) is 10.8 Å². The van der Waals surface area contributed by atoms with Gasteiger partial charge in [0.1, 0.15) is 11.6 Å². The number of hydrogen-bond donors (Lipinski definition) is 5. The molecule has 0 spiro atoms. The van der Waals surface area contributed by atoms with Gasteiger partial charge in [-0.3, -0.25) is 10.8 Å². The molecule has 7 N–H and O–H groups in total. The second kappa shape index (κ2) is 7.33. The van der Waals surface area contributed by atoms with Crippen molar-refractivity contribution in [2.24, 2.45) is 11.5 Å². The molecule has 0 bridgehead atoms. The predicted molar refractivity (Wildman–Crippen MR) is 106 cm³/mol. The van der Waals surface area contributed by atoms with Crippen molar-refractivity contribution < 1.29 is 9.53 Å². The van der Waals surface area contributed by atoms with Gasteiger partial charge < -0.3 is 21.5 Å². The molecule has 0 heterocycles. The Labute approximate surface area is 157 Å². The van der Waals surface area contributed by atoms with E-state index in [2.05, 4.69) is 12.2 Å². The Balaban J connectivity index is 1.77. The molecule has 2 aromatic carbocycles. The van der Waals surface area contributed by atoms with Gasteiger partial charge in [0.05, 0.1) is 5.56 Å². The standard InChI is InChI=1S/C20H21N5O2/c1-11-8-14(18(21)22)9-13-4-7-16(10-17(11)13)27-19(26)12-2-5-15(6-3-12)25-20(23)24/h2-7,9-11H,8H2,1H3,(H3,21,22)(H4,23,24,25). The van der Waals surface area contributed by atoms with Crippen molar-refractivity contribution in [1.82, 2.24) is 0 Å². The van der Waals surface area contributed by atoms with Gasteiger partial charge in [0.25, 0.3) is 0 Å². The molecular weight excluding hydrogens is 342 g/mol. The lowest BCUT2D eigenvalue weighted by Crippen LogP contribution is -2.20. The fourth-order valence-corrected chi connectivity index (χ4v) is 3.06. The minimum absolute atomic E-state index is 0.0886. The fourth-order valence-electron chi connectivity index (χ4n) is 3.06. The molecule has 0 fully saturated rings. The van der Waals surface area contributed by atoms with Gasteiger partial charge in [-0.25, -0.2) is 4.79 Å². The van der Waals surface area contributed by atoms with Crippen molar-refractivity contribution in [2.45, 2.75) is 19.3 Å². The predicted octanol–water partition coefficient (Wildman–Crippen LogP) is 3.04. The van der Waals surface area contributed by atoms with E-state index in [-0.39, 0.29) is 17.7 Å². The topological polar surface area (TPSA) is 138 Å². The van der Waals surface area contributed by atoms with Crippen LogP contribution in [0.15, 0.2) is 48.0 Å². The highest BCUT2D eigenvalue weighted by Gasteiger charge is 2.20. The summed E-state index contributed by atoms with van der Waals surface area (Å²) in [4.78, 5) is 12.4. The smallest absolute Gasteiger partial charge is 0.343 e. The SMILES string of the molecule is CC1CC(C(=N)N)=Cc2ccc(OC(=O)c3ccc(NC(=N)N)cc3)cc21. The van der Waals surface area contributed by atoms with Crippen LogP contribution in [0, 0.1) is 10.8 Å². The Hall–Kier alpha value is -3.61. The van der Waals surface area contributed by atoms with Crippen LogP contribution in [-0.4, -0.2) is 17.8 Å². The van der Waals surface area contributed by atoms with Gasteiger partial charge in [-0.2, -0.15) is 0 Å². The lowest BCUT2D eigenvalue weighted by molar-refractivity contribution is 0.0734. The van der Waals surface area contributed by atoms with E-state index in [1.165, 1.54) is 0 Å². The number of guanidine groups is 1. The third kappa shape index (κ3) is 4.14. The lowest BCUT2D eigenvalue weighted by Gasteiger charge is -2.22. The van der Waals surface area contributed by atoms with Crippen molar-refractivity contribution in [3.63, 3.8) is 0 Å². The summed E-state index contributed by atoms with van der Waals surface area (Å²) < 4.78 is 5.50. The Morgan fingerprint density at radius 2 is 1.85 bits per heavy atom. The highest BCUT2D eigenvalue weighted by atomic mass is 16.5. The summed E-state index contributed by atoms with van der Waals surface area (Å²) in [5.74, 6) is 0.102. The average molecular weight is 363 g/mol. The normalized spacial score (nSPS) is 15.3.